The van der Waals surface area contributed by atoms with Gasteiger partial charge >= 0.3 is 0 Å². The Morgan fingerprint density at radius 1 is 1.60 bits per heavy atom. The van der Waals surface area contributed by atoms with Crippen LogP contribution in [0.3, 0.4) is 0 Å². The highest BCUT2D eigenvalue weighted by atomic mass is 16.1. The van der Waals surface area contributed by atoms with Crippen molar-refractivity contribution in [3.8, 4) is 0 Å². The van der Waals surface area contributed by atoms with Crippen LogP contribution in [-0.2, 0) is 4.79 Å². The van der Waals surface area contributed by atoms with Crippen LogP contribution in [-0.4, -0.2) is 24.9 Å². The zero-order valence-electron chi connectivity index (χ0n) is 6.29. The molecular formula is C7H12N2O. The molecule has 0 aliphatic rings. The third kappa shape index (κ3) is 2.35. The Bertz CT molecular complexity index is 170. The summed E-state index contributed by atoms with van der Waals surface area (Å²) in [5, 5.41) is 0. The largest absolute Gasteiger partial charge is 0.373 e. The van der Waals surface area contributed by atoms with Gasteiger partial charge in [-0.05, 0) is 6.08 Å². The molecular weight excluding hydrogens is 128 g/mol. The Morgan fingerprint density at radius 3 is 2.20 bits per heavy atom. The van der Waals surface area contributed by atoms with Crippen molar-refractivity contribution in [1.29, 1.82) is 0 Å². The van der Waals surface area contributed by atoms with Crippen molar-refractivity contribution in [3.05, 3.63) is 24.4 Å². The topological polar surface area (TPSA) is 46.3 Å². The van der Waals surface area contributed by atoms with Gasteiger partial charge in [-0.3, -0.25) is 4.79 Å². The summed E-state index contributed by atoms with van der Waals surface area (Å²) in [6.45, 7) is 3.45. The van der Waals surface area contributed by atoms with Gasteiger partial charge in [-0.2, -0.15) is 0 Å². The Hall–Kier alpha value is -1.25. The van der Waals surface area contributed by atoms with E-state index in [9.17, 15) is 4.79 Å². The van der Waals surface area contributed by atoms with Gasteiger partial charge in [0, 0.05) is 14.1 Å². The van der Waals surface area contributed by atoms with Crippen molar-refractivity contribution in [3.63, 3.8) is 0 Å². The standard InChI is InChI=1S/C7H12N2O/c1-4-5-6(7(8)10)9(2)3/h4-5H,1H2,2-3H3,(H2,8,10)/b6-5-. The molecule has 0 aromatic rings. The number of allylic oxidation sites excluding steroid dienone is 2. The van der Waals surface area contributed by atoms with Gasteiger partial charge in [-0.25, -0.2) is 0 Å². The number of hydrogen-bond donors (Lipinski definition) is 1. The molecule has 0 atom stereocenters. The highest BCUT2D eigenvalue weighted by Crippen LogP contribution is 1.95. The van der Waals surface area contributed by atoms with Crippen LogP contribution in [0.15, 0.2) is 24.4 Å². The molecule has 0 spiro atoms. The molecule has 1 amide bonds. The van der Waals surface area contributed by atoms with Crippen molar-refractivity contribution < 1.29 is 4.79 Å². The smallest absolute Gasteiger partial charge is 0.264 e. The molecule has 0 aromatic heterocycles. The summed E-state index contributed by atoms with van der Waals surface area (Å²) in [6, 6.07) is 0. The minimum Gasteiger partial charge on any atom is -0.373 e. The van der Waals surface area contributed by atoms with E-state index in [0.717, 1.165) is 0 Å². The maximum absolute atomic E-state index is 10.6. The number of nitrogens with two attached hydrogens (primary N) is 1. The van der Waals surface area contributed by atoms with Gasteiger partial charge in [-0.15, -0.1) is 0 Å². The van der Waals surface area contributed by atoms with E-state index >= 15 is 0 Å². The maximum Gasteiger partial charge on any atom is 0.264 e. The summed E-state index contributed by atoms with van der Waals surface area (Å²) in [5.41, 5.74) is 5.48. The molecule has 0 aliphatic heterocycles. The fourth-order valence-corrected chi connectivity index (χ4v) is 0.563. The van der Waals surface area contributed by atoms with Crippen LogP contribution < -0.4 is 5.73 Å². The van der Waals surface area contributed by atoms with E-state index in [1.54, 1.807) is 25.1 Å². The second-order valence-corrected chi connectivity index (χ2v) is 2.05. The average molecular weight is 140 g/mol. The molecule has 56 valence electrons. The van der Waals surface area contributed by atoms with Crippen LogP contribution in [0.5, 0.6) is 0 Å². The Labute approximate surface area is 60.8 Å². The molecule has 10 heavy (non-hydrogen) atoms. The number of nitrogens with zero attached hydrogens (tertiary/aromatic N) is 1. The minimum absolute atomic E-state index is 0.440. The van der Waals surface area contributed by atoms with E-state index in [2.05, 4.69) is 6.58 Å². The number of hydrogen-bond acceptors (Lipinski definition) is 2. The normalized spacial score (nSPS) is 10.8. The van der Waals surface area contributed by atoms with Crippen LogP contribution in [0.1, 0.15) is 0 Å². The Balaban J connectivity index is 4.41. The first-order valence-corrected chi connectivity index (χ1v) is 2.89. The van der Waals surface area contributed by atoms with Gasteiger partial charge in [0.25, 0.3) is 5.91 Å². The van der Waals surface area contributed by atoms with Crippen molar-refractivity contribution in [2.24, 2.45) is 5.73 Å². The number of carbonyl (C=O) groups is 1. The molecule has 2 N–H and O–H groups in total. The Kier molecular flexibility index (Phi) is 3.25. The van der Waals surface area contributed by atoms with Crippen LogP contribution >= 0.6 is 0 Å². The van der Waals surface area contributed by atoms with Gasteiger partial charge in [0.05, 0.1) is 0 Å². The van der Waals surface area contributed by atoms with Gasteiger partial charge in [0.2, 0.25) is 0 Å². The summed E-state index contributed by atoms with van der Waals surface area (Å²) in [5.74, 6) is -0.440. The summed E-state index contributed by atoms with van der Waals surface area (Å²) >= 11 is 0. The maximum atomic E-state index is 10.6. The van der Waals surface area contributed by atoms with E-state index in [1.807, 2.05) is 0 Å². The summed E-state index contributed by atoms with van der Waals surface area (Å²) in [4.78, 5) is 12.2. The first-order valence-electron chi connectivity index (χ1n) is 2.89. The van der Waals surface area contributed by atoms with Crippen molar-refractivity contribution >= 4 is 5.91 Å². The van der Waals surface area contributed by atoms with Crippen LogP contribution in [0.2, 0.25) is 0 Å². The summed E-state index contributed by atoms with van der Waals surface area (Å²) in [7, 11) is 3.50. The number of rotatable bonds is 3. The molecule has 0 saturated heterocycles. The molecule has 0 radical (unpaired) electrons. The highest BCUT2D eigenvalue weighted by Gasteiger charge is 2.03. The lowest BCUT2D eigenvalue weighted by atomic mass is 10.3. The molecule has 0 rings (SSSR count). The predicted molar refractivity (Wildman–Crippen MR) is 41.2 cm³/mol. The Morgan fingerprint density at radius 2 is 2.10 bits per heavy atom. The lowest BCUT2D eigenvalue weighted by molar-refractivity contribution is -0.115. The zero-order chi connectivity index (χ0) is 8.15. The quantitative estimate of drug-likeness (QED) is 0.446. The van der Waals surface area contributed by atoms with Crippen LogP contribution in [0.4, 0.5) is 0 Å². The van der Waals surface area contributed by atoms with Crippen LogP contribution in [0, 0.1) is 0 Å². The van der Waals surface area contributed by atoms with Crippen molar-refractivity contribution in [1.82, 2.24) is 4.90 Å². The predicted octanol–water partition coefficient (Wildman–Crippen LogP) is 0.103. The molecule has 0 aromatic carbocycles. The lowest BCUT2D eigenvalue weighted by Gasteiger charge is -2.12. The molecule has 3 nitrogen and oxygen atoms in total. The molecule has 0 heterocycles. The molecule has 0 aliphatic carbocycles. The number of amides is 1. The first-order chi connectivity index (χ1) is 4.59. The monoisotopic (exact) mass is 140 g/mol. The molecule has 0 fully saturated rings. The van der Waals surface area contributed by atoms with E-state index in [0.29, 0.717) is 5.70 Å². The number of primary amides is 1. The average Bonchev–Trinajstić information content (AvgIpc) is 1.81. The fourth-order valence-electron chi connectivity index (χ4n) is 0.563. The first kappa shape index (κ1) is 8.75. The SMILES string of the molecule is C=C/C=C(/C(N)=O)N(C)C. The van der Waals surface area contributed by atoms with Gasteiger partial charge in [0.15, 0.2) is 0 Å². The van der Waals surface area contributed by atoms with Crippen molar-refractivity contribution in [2.45, 2.75) is 0 Å². The number of carbonyl (C=O) groups excluding carboxylic acids is 1. The second-order valence-electron chi connectivity index (χ2n) is 2.05. The van der Waals surface area contributed by atoms with Gasteiger partial charge < -0.3 is 10.6 Å². The van der Waals surface area contributed by atoms with Crippen molar-refractivity contribution in [2.75, 3.05) is 14.1 Å². The third-order valence-corrected chi connectivity index (χ3v) is 1.01. The third-order valence-electron chi connectivity index (χ3n) is 1.01. The fraction of sp³-hybridized carbons (Fsp3) is 0.286. The molecule has 0 saturated carbocycles. The van der Waals surface area contributed by atoms with E-state index < -0.39 is 5.91 Å². The molecule has 0 unspecified atom stereocenters. The van der Waals surface area contributed by atoms with Crippen LogP contribution in [0.25, 0.3) is 0 Å². The van der Waals surface area contributed by atoms with E-state index in [1.165, 1.54) is 6.08 Å². The van der Waals surface area contributed by atoms with E-state index in [4.69, 9.17) is 5.73 Å². The molecule has 0 bridgehead atoms. The molecule has 3 heteroatoms. The van der Waals surface area contributed by atoms with E-state index in [-0.39, 0.29) is 0 Å². The van der Waals surface area contributed by atoms with Gasteiger partial charge in [0.1, 0.15) is 5.70 Å². The minimum atomic E-state index is -0.440. The highest BCUT2D eigenvalue weighted by molar-refractivity contribution is 5.91. The lowest BCUT2D eigenvalue weighted by Crippen LogP contribution is -2.25. The second kappa shape index (κ2) is 3.71. The summed E-state index contributed by atoms with van der Waals surface area (Å²) < 4.78 is 0. The zero-order valence-corrected chi connectivity index (χ0v) is 6.29. The number of likely N-dealkylation sites (N-methyl/N-ethyl adjacent to an activating group) is 1. The van der Waals surface area contributed by atoms with Gasteiger partial charge in [-0.1, -0.05) is 12.7 Å². The summed E-state index contributed by atoms with van der Waals surface area (Å²) in [6.07, 6.45) is 3.10.